The number of H-pyrrole nitrogens is 2. The summed E-state index contributed by atoms with van der Waals surface area (Å²) in [5.74, 6) is 0.296. The summed E-state index contributed by atoms with van der Waals surface area (Å²) in [5.41, 5.74) is 13.1. The van der Waals surface area contributed by atoms with E-state index in [1.165, 1.54) is 26.5 Å². The van der Waals surface area contributed by atoms with E-state index in [2.05, 4.69) is 46.9 Å². The van der Waals surface area contributed by atoms with Crippen LogP contribution in [0.25, 0.3) is 66.1 Å². The average Bonchev–Trinajstić information content (AvgIpc) is 1.60. The molecule has 94 heavy (non-hydrogen) atoms. The molecule has 0 aliphatic carbocycles. The Hall–Kier alpha value is -8.76. The van der Waals surface area contributed by atoms with E-state index < -0.39 is 43.4 Å². The second-order valence-electron chi connectivity index (χ2n) is 22.8. The molecule has 0 spiro atoms. The Morgan fingerprint density at radius 2 is 0.989 bits per heavy atom. The van der Waals surface area contributed by atoms with E-state index in [4.69, 9.17) is 55.0 Å². The molecule has 0 saturated carbocycles. The molecule has 0 saturated heterocycles. The Morgan fingerprint density at radius 3 is 1.47 bits per heavy atom. The number of halogens is 3. The SMILES string of the molecule is C.CC(C)(C)OC(=O)NCCc1cc2ccc(N)cc2[nH]1.CC(C)(C)OC(=O)NCCc1cc2ccc(Nc3ncc(Cl)c(-c4cn(S(=O)(=O)c5ccccc5)c5ccccc45)n3)cc2[nH]1.O=S(=O)(c1ccccc1)n1cc(-c2nc(Cl)ncc2Cl)c2ccccc21.[CH3-].[W]. The molecule has 0 aliphatic rings. The first-order chi connectivity index (χ1) is 43.3. The van der Waals surface area contributed by atoms with E-state index in [0.717, 1.165) is 44.6 Å². The molecular weight excluding hydrogens is 1470 g/mol. The van der Waals surface area contributed by atoms with E-state index in [-0.39, 0.29) is 61.0 Å². The van der Waals surface area contributed by atoms with Crippen LogP contribution in [-0.2, 0) is 63.4 Å². The van der Waals surface area contributed by atoms with Gasteiger partial charge in [-0.3, -0.25) is 0 Å². The van der Waals surface area contributed by atoms with Gasteiger partial charge in [0, 0.05) is 115 Å². The first-order valence-electron chi connectivity index (χ1n) is 28.5. The molecule has 26 heteroatoms. The molecule has 0 bridgehead atoms. The molecule has 12 aromatic rings. The van der Waals surface area contributed by atoms with E-state index in [1.807, 2.05) is 108 Å². The number of nitrogen functional groups attached to an aromatic ring is 1. The van der Waals surface area contributed by atoms with Crippen molar-refractivity contribution in [2.24, 2.45) is 0 Å². The normalized spacial score (nSPS) is 11.5. The maximum atomic E-state index is 13.6. The smallest absolute Gasteiger partial charge is 0.407 e. The number of nitrogens with one attached hydrogen (secondary N) is 5. The number of para-hydroxylation sites is 2. The van der Waals surface area contributed by atoms with Crippen molar-refractivity contribution in [3.05, 3.63) is 217 Å². The van der Waals surface area contributed by atoms with Gasteiger partial charge in [-0.2, -0.15) is 0 Å². The molecule has 12 rings (SSSR count). The summed E-state index contributed by atoms with van der Waals surface area (Å²) < 4.78 is 66.4. The van der Waals surface area contributed by atoms with Crippen LogP contribution in [0, 0.1) is 7.43 Å². The van der Waals surface area contributed by atoms with Gasteiger partial charge in [-0.25, -0.2) is 54.3 Å². The molecular formula is C68H70Cl3N12O8S2W-. The van der Waals surface area contributed by atoms with Gasteiger partial charge >= 0.3 is 12.2 Å². The third-order valence-electron chi connectivity index (χ3n) is 13.7. The van der Waals surface area contributed by atoms with Crippen LogP contribution in [0.3, 0.4) is 0 Å². The van der Waals surface area contributed by atoms with Crippen molar-refractivity contribution in [2.45, 2.75) is 82.8 Å². The van der Waals surface area contributed by atoms with Crippen LogP contribution in [0.15, 0.2) is 192 Å². The second kappa shape index (κ2) is 30.5. The maximum Gasteiger partial charge on any atom is 0.407 e. The minimum atomic E-state index is -3.88. The maximum absolute atomic E-state index is 13.6. The number of nitrogens with two attached hydrogens (primary N) is 1. The fourth-order valence-corrected chi connectivity index (χ4v) is 13.0. The first-order valence-corrected chi connectivity index (χ1v) is 32.5. The number of aromatic nitrogens is 8. The number of hydrogen-bond donors (Lipinski definition) is 6. The van der Waals surface area contributed by atoms with Crippen molar-refractivity contribution in [1.29, 1.82) is 0 Å². The number of hydrogen-bond acceptors (Lipinski definition) is 14. The topological polar surface area (TPSA) is 276 Å². The fraction of sp³-hybridized carbons (Fsp3) is 0.191. The number of fused-ring (bicyclic) bond motifs is 4. The summed E-state index contributed by atoms with van der Waals surface area (Å²) in [7, 11) is -7.66. The predicted octanol–water partition coefficient (Wildman–Crippen LogP) is 15.8. The number of nitrogens with zero attached hydrogens (tertiary/aromatic N) is 6. The zero-order valence-electron chi connectivity index (χ0n) is 51.5. The number of aromatic amines is 2. The summed E-state index contributed by atoms with van der Waals surface area (Å²) in [4.78, 5) is 47.6. The van der Waals surface area contributed by atoms with Crippen molar-refractivity contribution < 1.29 is 57.0 Å². The molecule has 20 nitrogen and oxygen atoms in total. The predicted molar refractivity (Wildman–Crippen MR) is 372 cm³/mol. The zero-order chi connectivity index (χ0) is 64.8. The van der Waals surface area contributed by atoms with Crippen LogP contribution in [0.4, 0.5) is 26.9 Å². The number of amides is 2. The number of carbonyl (C=O) groups excluding carboxylic acids is 2. The molecule has 2 amide bonds. The van der Waals surface area contributed by atoms with Crippen molar-refractivity contribution >= 4 is 128 Å². The number of benzene rings is 6. The van der Waals surface area contributed by atoms with E-state index >= 15 is 0 Å². The molecule has 0 unspecified atom stereocenters. The number of rotatable bonds is 14. The van der Waals surface area contributed by atoms with Gasteiger partial charge in [-0.1, -0.05) is 116 Å². The summed E-state index contributed by atoms with van der Waals surface area (Å²) in [6, 6.07) is 46.5. The van der Waals surface area contributed by atoms with Gasteiger partial charge in [0.25, 0.3) is 20.0 Å². The second-order valence-corrected chi connectivity index (χ2v) is 27.6. The summed E-state index contributed by atoms with van der Waals surface area (Å²) in [6.45, 7) is 11.9. The van der Waals surface area contributed by atoms with Crippen molar-refractivity contribution in [3.63, 3.8) is 0 Å². The van der Waals surface area contributed by atoms with Gasteiger partial charge in [0.05, 0.1) is 54.7 Å². The molecule has 490 valence electrons. The number of alkyl carbamates (subject to hydrolysis) is 2. The van der Waals surface area contributed by atoms with Gasteiger partial charge in [0.1, 0.15) is 11.2 Å². The van der Waals surface area contributed by atoms with Crippen LogP contribution in [0.2, 0.25) is 15.3 Å². The molecule has 7 N–H and O–H groups in total. The van der Waals surface area contributed by atoms with Crippen molar-refractivity contribution in [2.75, 3.05) is 24.1 Å². The number of ether oxygens (including phenoxy) is 2. The largest absolute Gasteiger partial charge is 0.444 e. The summed E-state index contributed by atoms with van der Waals surface area (Å²) in [6.07, 6.45) is 6.43. The summed E-state index contributed by atoms with van der Waals surface area (Å²) in [5, 5.41) is 12.9. The standard InChI is InChI=1S/C33H31ClN6O4S.C18H11Cl2N3O2S.C15H21N3O2.CH4.CH3.W/c1-33(2,3)44-32(41)35-16-15-23-17-21-13-14-22(18-28(21)37-23)38-31-36-19-27(34)30(39-31)26-20-40(29-12-8-7-11-25(26)29)45(42,43)24-9-5-4-6-10-24;19-15-10-21-18(20)22-17(15)14-11-23(16-9-5-4-8-13(14)16)26(24,25)12-6-2-1-3-7-12;1-15(2,3)20-14(19)17-7-6-12-8-10-4-5-11(16)9-13(10)18-12;;;/h4-14,17-20,37H,15-16H2,1-3H3,(H,35,41)(H,36,38,39);1-11H;4-5,8-9,18H,6-7,16H2,1-3H3,(H,17,19);1H4;1H3;/q;;;;-1;. The van der Waals surface area contributed by atoms with Crippen LogP contribution in [0.1, 0.15) is 60.4 Å². The van der Waals surface area contributed by atoms with Gasteiger partial charge in [-0.05, 0) is 137 Å². The quantitative estimate of drug-likeness (QED) is 0.0336. The molecule has 6 aromatic heterocycles. The van der Waals surface area contributed by atoms with Crippen molar-refractivity contribution in [1.82, 2.24) is 48.5 Å². The van der Waals surface area contributed by atoms with E-state index in [9.17, 15) is 26.4 Å². The molecule has 6 heterocycles. The third kappa shape index (κ3) is 17.5. The Balaban J connectivity index is 0.000000216. The number of carbonyl (C=O) groups is 2. The summed E-state index contributed by atoms with van der Waals surface area (Å²) >= 11 is 18.7. The van der Waals surface area contributed by atoms with E-state index in [0.29, 0.717) is 76.2 Å². The molecule has 0 aliphatic heterocycles. The molecule has 6 aromatic carbocycles. The van der Waals surface area contributed by atoms with E-state index in [1.54, 1.807) is 91.1 Å². The number of anilines is 3. The Labute approximate surface area is 575 Å². The minimum Gasteiger partial charge on any atom is -0.444 e. The zero-order valence-corrected chi connectivity index (χ0v) is 58.4. The minimum absolute atomic E-state index is 0. The van der Waals surface area contributed by atoms with Gasteiger partial charge in [0.2, 0.25) is 11.2 Å². The first kappa shape index (κ1) is 72.7. The molecule has 0 fully saturated rings. The Morgan fingerprint density at radius 1 is 0.564 bits per heavy atom. The Bertz CT molecular complexity index is 4880. The van der Waals surface area contributed by atoms with Gasteiger partial charge < -0.3 is 48.6 Å². The molecule has 0 radical (unpaired) electrons. The Kier molecular flexibility index (Phi) is 23.6. The van der Waals surface area contributed by atoms with Crippen LogP contribution >= 0.6 is 34.8 Å². The average molecular weight is 1540 g/mol. The van der Waals surface area contributed by atoms with Crippen LogP contribution in [-0.4, -0.2) is 91.2 Å². The van der Waals surface area contributed by atoms with Crippen molar-refractivity contribution in [3.8, 4) is 22.5 Å². The van der Waals surface area contributed by atoms with Gasteiger partial charge in [0.15, 0.2) is 0 Å². The third-order valence-corrected chi connectivity index (χ3v) is 17.8. The monoisotopic (exact) mass is 1540 g/mol. The molecule has 0 atom stereocenters. The fourth-order valence-electron chi connectivity index (χ4n) is 9.73. The van der Waals surface area contributed by atoms with Crippen LogP contribution < -0.4 is 21.7 Å². The van der Waals surface area contributed by atoms with Crippen LogP contribution in [0.5, 0.6) is 0 Å². The van der Waals surface area contributed by atoms with Gasteiger partial charge in [-0.15, -0.1) is 0 Å².